The minimum atomic E-state index is -0.646. The highest BCUT2D eigenvalue weighted by Crippen LogP contribution is 2.31. The van der Waals surface area contributed by atoms with Gasteiger partial charge in [0.2, 0.25) is 5.78 Å². The zero-order valence-electron chi connectivity index (χ0n) is 11.2. The van der Waals surface area contributed by atoms with Crippen LogP contribution in [0.15, 0.2) is 48.5 Å². The number of carbonyl (C=O) groups is 2. The van der Waals surface area contributed by atoms with E-state index in [1.165, 1.54) is 4.80 Å². The summed E-state index contributed by atoms with van der Waals surface area (Å²) in [4.78, 5) is 25.6. The van der Waals surface area contributed by atoms with E-state index in [-0.39, 0.29) is 5.69 Å². The topological polar surface area (TPSA) is 64.8 Å². The van der Waals surface area contributed by atoms with Gasteiger partial charge in [0.05, 0.1) is 5.02 Å². The molecule has 1 aliphatic rings. The van der Waals surface area contributed by atoms with Crippen LogP contribution < -0.4 is 0 Å². The number of ketones is 2. The van der Waals surface area contributed by atoms with E-state index in [2.05, 4.69) is 10.2 Å². The first kappa shape index (κ1) is 12.9. The average Bonchev–Trinajstić information content (AvgIpc) is 2.98. The van der Waals surface area contributed by atoms with Crippen molar-refractivity contribution in [2.24, 2.45) is 0 Å². The summed E-state index contributed by atoms with van der Waals surface area (Å²) in [5, 5.41) is 8.98. The van der Waals surface area contributed by atoms with Gasteiger partial charge in [-0.1, -0.05) is 48.0 Å². The fourth-order valence-electron chi connectivity index (χ4n) is 2.48. The van der Waals surface area contributed by atoms with Gasteiger partial charge >= 0.3 is 0 Å². The van der Waals surface area contributed by atoms with Crippen molar-refractivity contribution in [3.8, 4) is 16.9 Å². The lowest BCUT2D eigenvalue weighted by Gasteiger charge is -2.10. The minimum absolute atomic E-state index is 0.0589. The number of fused-ring (bicyclic) bond motifs is 3. The first-order valence-corrected chi connectivity index (χ1v) is 6.95. The van der Waals surface area contributed by atoms with Crippen LogP contribution in [0.3, 0.4) is 0 Å². The van der Waals surface area contributed by atoms with Crippen molar-refractivity contribution in [2.75, 3.05) is 0 Å². The van der Waals surface area contributed by atoms with Crippen molar-refractivity contribution in [2.45, 2.75) is 0 Å². The van der Waals surface area contributed by atoms with Gasteiger partial charge in [-0.05, 0) is 12.1 Å². The standard InChI is InChI=1S/C16H8ClN3O2/c17-11-7-3-4-8-12(11)20-18-13-9-5-1-2-6-10(9)15(21)16(22)14(13)19-20/h1-8H. The summed E-state index contributed by atoms with van der Waals surface area (Å²) >= 11 is 6.13. The van der Waals surface area contributed by atoms with Crippen LogP contribution >= 0.6 is 11.6 Å². The van der Waals surface area contributed by atoms with Crippen molar-refractivity contribution < 1.29 is 9.59 Å². The van der Waals surface area contributed by atoms with E-state index in [0.717, 1.165) is 0 Å². The molecule has 0 aliphatic heterocycles. The van der Waals surface area contributed by atoms with Gasteiger partial charge in [-0.25, -0.2) is 0 Å². The smallest absolute Gasteiger partial charge is 0.256 e. The molecule has 3 aromatic rings. The second kappa shape index (κ2) is 4.61. The number of nitrogens with zero attached hydrogens (tertiary/aromatic N) is 3. The van der Waals surface area contributed by atoms with E-state index in [1.54, 1.807) is 48.5 Å². The lowest BCUT2D eigenvalue weighted by Crippen LogP contribution is -2.21. The average molecular weight is 310 g/mol. The van der Waals surface area contributed by atoms with Crippen LogP contribution in [0.1, 0.15) is 20.8 Å². The molecule has 1 heterocycles. The third-order valence-electron chi connectivity index (χ3n) is 3.53. The molecule has 0 unspecified atom stereocenters. The molecule has 2 aromatic carbocycles. The maximum absolute atomic E-state index is 12.2. The summed E-state index contributed by atoms with van der Waals surface area (Å²) in [5.74, 6) is -1.21. The molecule has 0 saturated heterocycles. The molecule has 6 heteroatoms. The van der Waals surface area contributed by atoms with Gasteiger partial charge < -0.3 is 0 Å². The predicted molar refractivity (Wildman–Crippen MR) is 80.5 cm³/mol. The molecule has 0 N–H and O–H groups in total. The highest BCUT2D eigenvalue weighted by Gasteiger charge is 2.34. The molecule has 0 spiro atoms. The summed E-state index contributed by atoms with van der Waals surface area (Å²) in [5.41, 5.74) is 1.98. The number of halogens is 1. The Morgan fingerprint density at radius 1 is 0.773 bits per heavy atom. The summed E-state index contributed by atoms with van der Waals surface area (Å²) in [7, 11) is 0. The molecule has 4 rings (SSSR count). The third kappa shape index (κ3) is 1.72. The van der Waals surface area contributed by atoms with Crippen LogP contribution in [0, 0.1) is 0 Å². The van der Waals surface area contributed by atoms with Crippen molar-refractivity contribution in [1.82, 2.24) is 15.0 Å². The highest BCUT2D eigenvalue weighted by molar-refractivity contribution is 6.52. The summed E-state index contributed by atoms with van der Waals surface area (Å²) in [6.45, 7) is 0. The lowest BCUT2D eigenvalue weighted by atomic mass is 9.90. The SMILES string of the molecule is O=C1C(=O)c2nn(-c3ccccc3Cl)nc2-c2ccccc21. The van der Waals surface area contributed by atoms with Crippen LogP contribution in [0.2, 0.25) is 5.02 Å². The normalized spacial score (nSPS) is 13.0. The number of hydrogen-bond acceptors (Lipinski definition) is 4. The second-order valence-corrected chi connectivity index (χ2v) is 5.25. The van der Waals surface area contributed by atoms with Crippen LogP contribution in [0.25, 0.3) is 16.9 Å². The van der Waals surface area contributed by atoms with Gasteiger partial charge in [0.1, 0.15) is 11.4 Å². The molecule has 5 nitrogen and oxygen atoms in total. The molecule has 0 fully saturated rings. The van der Waals surface area contributed by atoms with Gasteiger partial charge in [0.25, 0.3) is 5.78 Å². The number of benzene rings is 2. The Balaban J connectivity index is 1.98. The first-order chi connectivity index (χ1) is 10.7. The largest absolute Gasteiger partial charge is 0.285 e. The molecule has 106 valence electrons. The summed E-state index contributed by atoms with van der Waals surface area (Å²) in [6.07, 6.45) is 0. The number of rotatable bonds is 1. The molecule has 0 saturated carbocycles. The summed E-state index contributed by atoms with van der Waals surface area (Å²) in [6, 6.07) is 13.9. The van der Waals surface area contributed by atoms with Crippen molar-refractivity contribution in [3.05, 3.63) is 64.8 Å². The summed E-state index contributed by atoms with van der Waals surface area (Å²) < 4.78 is 0. The lowest BCUT2D eigenvalue weighted by molar-refractivity contribution is 0.0812. The molecule has 1 aliphatic carbocycles. The van der Waals surface area contributed by atoms with E-state index in [0.29, 0.717) is 27.5 Å². The Labute approximate surface area is 130 Å². The maximum Gasteiger partial charge on any atom is 0.256 e. The Kier molecular flexibility index (Phi) is 2.71. The Morgan fingerprint density at radius 3 is 2.18 bits per heavy atom. The van der Waals surface area contributed by atoms with E-state index < -0.39 is 11.6 Å². The first-order valence-electron chi connectivity index (χ1n) is 6.57. The molecular formula is C16H8ClN3O2. The number of hydrogen-bond donors (Lipinski definition) is 0. The number of Topliss-reactive ketones (excluding diaryl/α,β-unsaturated/α-hetero) is 2. The van der Waals surface area contributed by atoms with Gasteiger partial charge in [0.15, 0.2) is 5.69 Å². The Morgan fingerprint density at radius 2 is 1.41 bits per heavy atom. The molecule has 0 atom stereocenters. The predicted octanol–water partition coefficient (Wildman–Crippen LogP) is 2.97. The van der Waals surface area contributed by atoms with Crippen molar-refractivity contribution in [3.63, 3.8) is 0 Å². The maximum atomic E-state index is 12.2. The van der Waals surface area contributed by atoms with Crippen LogP contribution in [-0.2, 0) is 0 Å². The highest BCUT2D eigenvalue weighted by atomic mass is 35.5. The Hall–Kier alpha value is -2.79. The van der Waals surface area contributed by atoms with Gasteiger partial charge in [0, 0.05) is 11.1 Å². The van der Waals surface area contributed by atoms with Gasteiger partial charge in [-0.3, -0.25) is 9.59 Å². The van der Waals surface area contributed by atoms with E-state index in [1.807, 2.05) is 0 Å². The second-order valence-electron chi connectivity index (χ2n) is 4.84. The molecular weight excluding hydrogens is 302 g/mol. The molecule has 0 bridgehead atoms. The minimum Gasteiger partial charge on any atom is -0.285 e. The van der Waals surface area contributed by atoms with E-state index >= 15 is 0 Å². The molecule has 1 aromatic heterocycles. The van der Waals surface area contributed by atoms with E-state index in [9.17, 15) is 9.59 Å². The molecule has 22 heavy (non-hydrogen) atoms. The van der Waals surface area contributed by atoms with Gasteiger partial charge in [-0.2, -0.15) is 0 Å². The monoisotopic (exact) mass is 309 g/mol. The quantitative estimate of drug-likeness (QED) is 0.648. The number of para-hydroxylation sites is 1. The molecule has 0 amide bonds. The number of carbonyl (C=O) groups excluding carboxylic acids is 2. The zero-order valence-corrected chi connectivity index (χ0v) is 11.9. The number of aromatic nitrogens is 3. The Bertz CT molecular complexity index is 946. The van der Waals surface area contributed by atoms with Crippen molar-refractivity contribution in [1.29, 1.82) is 0 Å². The van der Waals surface area contributed by atoms with Gasteiger partial charge in [-0.15, -0.1) is 15.0 Å². The van der Waals surface area contributed by atoms with Crippen molar-refractivity contribution >= 4 is 23.2 Å². The molecule has 0 radical (unpaired) electrons. The zero-order chi connectivity index (χ0) is 15.3. The fourth-order valence-corrected chi connectivity index (χ4v) is 2.69. The van der Waals surface area contributed by atoms with Crippen LogP contribution in [0.5, 0.6) is 0 Å². The van der Waals surface area contributed by atoms with Crippen LogP contribution in [-0.4, -0.2) is 26.6 Å². The van der Waals surface area contributed by atoms with E-state index in [4.69, 9.17) is 11.6 Å². The van der Waals surface area contributed by atoms with Crippen LogP contribution in [0.4, 0.5) is 0 Å². The fraction of sp³-hybridized carbons (Fsp3) is 0. The third-order valence-corrected chi connectivity index (χ3v) is 3.85.